The Bertz CT molecular complexity index is 849. The van der Waals surface area contributed by atoms with Gasteiger partial charge in [-0.25, -0.2) is 4.98 Å². The lowest BCUT2D eigenvalue weighted by molar-refractivity contribution is 0.102. The van der Waals surface area contributed by atoms with Gasteiger partial charge in [0.1, 0.15) is 5.82 Å². The molecule has 1 amide bonds. The molecule has 0 saturated carbocycles. The van der Waals surface area contributed by atoms with Crippen LogP contribution in [0.15, 0.2) is 61.1 Å². The second kappa shape index (κ2) is 6.15. The van der Waals surface area contributed by atoms with Gasteiger partial charge in [-0.05, 0) is 24.3 Å². The number of amides is 1. The molecular weight excluding hydrogens is 290 g/mol. The molecule has 1 aromatic carbocycles. The van der Waals surface area contributed by atoms with Crippen LogP contribution in [0.25, 0.3) is 11.1 Å². The highest BCUT2D eigenvalue weighted by atomic mass is 16.1. The Morgan fingerprint density at radius 1 is 1.04 bits per heavy atom. The largest absolute Gasteiger partial charge is 0.398 e. The monoisotopic (exact) mass is 305 g/mol. The van der Waals surface area contributed by atoms with E-state index in [9.17, 15) is 4.79 Å². The fourth-order valence-electron chi connectivity index (χ4n) is 2.20. The van der Waals surface area contributed by atoms with Gasteiger partial charge in [-0.3, -0.25) is 9.78 Å². The molecule has 3 aromatic rings. The number of rotatable bonds is 3. The lowest BCUT2D eigenvalue weighted by Crippen LogP contribution is -2.15. The number of hydrogen-bond donors (Lipinski definition) is 3. The van der Waals surface area contributed by atoms with Crippen LogP contribution in [0.1, 0.15) is 10.4 Å². The van der Waals surface area contributed by atoms with Gasteiger partial charge in [-0.2, -0.15) is 0 Å². The molecule has 2 heterocycles. The van der Waals surface area contributed by atoms with Crippen LogP contribution in [0.5, 0.6) is 0 Å². The molecular formula is C17H15N5O. The van der Waals surface area contributed by atoms with Crippen LogP contribution < -0.4 is 16.8 Å². The minimum absolute atomic E-state index is 0.162. The zero-order valence-corrected chi connectivity index (χ0v) is 12.2. The van der Waals surface area contributed by atoms with Crippen LogP contribution in [-0.4, -0.2) is 15.9 Å². The second-order valence-electron chi connectivity index (χ2n) is 4.93. The summed E-state index contributed by atoms with van der Waals surface area (Å²) in [6, 6.07) is 12.5. The third-order valence-corrected chi connectivity index (χ3v) is 3.37. The molecule has 6 nitrogen and oxygen atoms in total. The minimum atomic E-state index is -0.336. The minimum Gasteiger partial charge on any atom is -0.398 e. The second-order valence-corrected chi connectivity index (χ2v) is 4.93. The number of para-hydroxylation sites is 1. The fraction of sp³-hybridized carbons (Fsp3) is 0. The Morgan fingerprint density at radius 3 is 2.52 bits per heavy atom. The average molecular weight is 305 g/mol. The number of anilines is 3. The predicted molar refractivity (Wildman–Crippen MR) is 90.7 cm³/mol. The van der Waals surface area contributed by atoms with Crippen LogP contribution >= 0.6 is 0 Å². The molecule has 3 rings (SSSR count). The van der Waals surface area contributed by atoms with Crippen LogP contribution in [-0.2, 0) is 0 Å². The molecule has 114 valence electrons. The van der Waals surface area contributed by atoms with Gasteiger partial charge in [-0.15, -0.1) is 0 Å². The van der Waals surface area contributed by atoms with Crippen LogP contribution in [0.2, 0.25) is 0 Å². The number of nitrogen functional groups attached to an aromatic ring is 2. The standard InChI is InChI=1S/C17H15N5O/c18-15-4-2-1-3-13(15)11-9-14(16(19)21-10-11)17(23)22-12-5-7-20-8-6-12/h1-10H,18H2,(H2,19,21)(H,20,22,23). The summed E-state index contributed by atoms with van der Waals surface area (Å²) in [7, 11) is 0. The molecule has 23 heavy (non-hydrogen) atoms. The molecule has 0 saturated heterocycles. The zero-order chi connectivity index (χ0) is 16.2. The summed E-state index contributed by atoms with van der Waals surface area (Å²) >= 11 is 0. The SMILES string of the molecule is Nc1ccccc1-c1cnc(N)c(C(=O)Nc2ccncc2)c1. The van der Waals surface area contributed by atoms with E-state index in [4.69, 9.17) is 11.5 Å². The number of hydrogen-bond acceptors (Lipinski definition) is 5. The van der Waals surface area contributed by atoms with Crippen molar-refractivity contribution in [1.29, 1.82) is 0 Å². The van der Waals surface area contributed by atoms with Crippen molar-refractivity contribution in [2.45, 2.75) is 0 Å². The van der Waals surface area contributed by atoms with E-state index >= 15 is 0 Å². The van der Waals surface area contributed by atoms with Crippen molar-refractivity contribution in [2.24, 2.45) is 0 Å². The Kier molecular flexibility index (Phi) is 3.88. The lowest BCUT2D eigenvalue weighted by Gasteiger charge is -2.10. The van der Waals surface area contributed by atoms with E-state index in [1.807, 2.05) is 18.2 Å². The van der Waals surface area contributed by atoms with E-state index < -0.39 is 0 Å². The number of carbonyl (C=O) groups is 1. The summed E-state index contributed by atoms with van der Waals surface area (Å²) in [6.45, 7) is 0. The van der Waals surface area contributed by atoms with Gasteiger partial charge in [0.15, 0.2) is 0 Å². The van der Waals surface area contributed by atoms with E-state index in [-0.39, 0.29) is 11.7 Å². The van der Waals surface area contributed by atoms with Gasteiger partial charge < -0.3 is 16.8 Å². The average Bonchev–Trinajstić information content (AvgIpc) is 2.57. The van der Waals surface area contributed by atoms with Crippen molar-refractivity contribution < 1.29 is 4.79 Å². The van der Waals surface area contributed by atoms with Crippen molar-refractivity contribution in [3.63, 3.8) is 0 Å². The number of aromatic nitrogens is 2. The highest BCUT2D eigenvalue weighted by Gasteiger charge is 2.13. The van der Waals surface area contributed by atoms with Crippen LogP contribution in [0.4, 0.5) is 17.2 Å². The first kappa shape index (κ1) is 14.5. The summed E-state index contributed by atoms with van der Waals surface area (Å²) < 4.78 is 0. The van der Waals surface area contributed by atoms with E-state index in [0.29, 0.717) is 16.9 Å². The Hall–Kier alpha value is -3.41. The van der Waals surface area contributed by atoms with Gasteiger partial charge in [0.25, 0.3) is 5.91 Å². The number of nitrogens with zero attached hydrogens (tertiary/aromatic N) is 2. The highest BCUT2D eigenvalue weighted by Crippen LogP contribution is 2.27. The molecule has 0 fully saturated rings. The molecule has 0 bridgehead atoms. The summed E-state index contributed by atoms with van der Waals surface area (Å²) in [5.74, 6) is -0.174. The smallest absolute Gasteiger partial charge is 0.259 e. The summed E-state index contributed by atoms with van der Waals surface area (Å²) in [4.78, 5) is 20.4. The third kappa shape index (κ3) is 3.11. The summed E-state index contributed by atoms with van der Waals surface area (Å²) in [5.41, 5.74) is 14.9. The topological polar surface area (TPSA) is 107 Å². The number of nitrogens with one attached hydrogen (secondary N) is 1. The van der Waals surface area contributed by atoms with Crippen LogP contribution in [0.3, 0.4) is 0 Å². The molecule has 0 spiro atoms. The zero-order valence-electron chi connectivity index (χ0n) is 12.2. The number of benzene rings is 1. The van der Waals surface area contributed by atoms with Gasteiger partial charge in [-0.1, -0.05) is 18.2 Å². The first-order chi connectivity index (χ1) is 11.1. The molecule has 6 heteroatoms. The van der Waals surface area contributed by atoms with Gasteiger partial charge >= 0.3 is 0 Å². The van der Waals surface area contributed by atoms with Gasteiger partial charge in [0.05, 0.1) is 5.56 Å². The highest BCUT2D eigenvalue weighted by molar-refractivity contribution is 6.08. The molecule has 0 radical (unpaired) electrons. The third-order valence-electron chi connectivity index (χ3n) is 3.37. The molecule has 0 atom stereocenters. The number of pyridine rings is 2. The maximum atomic E-state index is 12.4. The van der Waals surface area contributed by atoms with E-state index in [1.54, 1.807) is 42.9 Å². The van der Waals surface area contributed by atoms with Crippen molar-refractivity contribution in [3.05, 3.63) is 66.6 Å². The first-order valence-electron chi connectivity index (χ1n) is 6.97. The van der Waals surface area contributed by atoms with Crippen molar-refractivity contribution in [2.75, 3.05) is 16.8 Å². The lowest BCUT2D eigenvalue weighted by atomic mass is 10.0. The van der Waals surface area contributed by atoms with Crippen molar-refractivity contribution >= 4 is 23.1 Å². The normalized spacial score (nSPS) is 10.3. The van der Waals surface area contributed by atoms with E-state index in [2.05, 4.69) is 15.3 Å². The fourth-order valence-corrected chi connectivity index (χ4v) is 2.20. The van der Waals surface area contributed by atoms with Gasteiger partial charge in [0, 0.05) is 41.1 Å². The number of carbonyl (C=O) groups excluding carboxylic acids is 1. The molecule has 0 aliphatic heterocycles. The first-order valence-corrected chi connectivity index (χ1v) is 6.97. The maximum Gasteiger partial charge on any atom is 0.259 e. The molecule has 2 aromatic heterocycles. The Morgan fingerprint density at radius 2 is 1.78 bits per heavy atom. The molecule has 5 N–H and O–H groups in total. The van der Waals surface area contributed by atoms with Crippen LogP contribution in [0, 0.1) is 0 Å². The maximum absolute atomic E-state index is 12.4. The van der Waals surface area contributed by atoms with E-state index in [0.717, 1.165) is 11.1 Å². The quantitative estimate of drug-likeness (QED) is 0.645. The Labute approximate surface area is 133 Å². The van der Waals surface area contributed by atoms with Crippen molar-refractivity contribution in [3.8, 4) is 11.1 Å². The summed E-state index contributed by atoms with van der Waals surface area (Å²) in [5, 5.41) is 2.76. The van der Waals surface area contributed by atoms with E-state index in [1.165, 1.54) is 0 Å². The predicted octanol–water partition coefficient (Wildman–Crippen LogP) is 2.56. The number of nitrogens with two attached hydrogens (primary N) is 2. The summed E-state index contributed by atoms with van der Waals surface area (Å²) in [6.07, 6.45) is 4.79. The Balaban J connectivity index is 1.95. The molecule has 0 aliphatic carbocycles. The molecule has 0 unspecified atom stereocenters. The molecule has 0 aliphatic rings. The van der Waals surface area contributed by atoms with Crippen molar-refractivity contribution in [1.82, 2.24) is 9.97 Å². The van der Waals surface area contributed by atoms with Gasteiger partial charge in [0.2, 0.25) is 0 Å².